The van der Waals surface area contributed by atoms with E-state index in [1.54, 1.807) is 0 Å². The van der Waals surface area contributed by atoms with Gasteiger partial charge in [-0.2, -0.15) is 0 Å². The second-order valence-corrected chi connectivity index (χ2v) is 0.272. The Labute approximate surface area is 53.3 Å². The number of carbonyl (C=O) groups is 2. The molecule has 0 atom stereocenters. The Bertz CT molecular complexity index is 32.5. The average Bonchev–Trinajstić information content (AvgIpc) is 1.37. The van der Waals surface area contributed by atoms with Gasteiger partial charge in [0.15, 0.2) is 12.6 Å². The minimum absolute atomic E-state index is 0. The molecular weight excluding hydrogens is 79.0 g/mol. The van der Waals surface area contributed by atoms with Crippen molar-refractivity contribution in [3.63, 3.8) is 0 Å². The van der Waals surface area contributed by atoms with E-state index in [0.29, 0.717) is 0 Å². The van der Waals surface area contributed by atoms with Crippen LogP contribution < -0.4 is 29.6 Å². The summed E-state index contributed by atoms with van der Waals surface area (Å²) in [7, 11) is 0. The summed E-state index contributed by atoms with van der Waals surface area (Å²) in [5.74, 6) is 0. The minimum Gasteiger partial charge on any atom is -1.00 e. The van der Waals surface area contributed by atoms with Crippen molar-refractivity contribution in [2.45, 2.75) is 0 Å². The topological polar surface area (TPSA) is 34.1 Å². The van der Waals surface area contributed by atoms with Crippen molar-refractivity contribution in [1.82, 2.24) is 0 Å². The largest absolute Gasteiger partial charge is 1.00 e. The van der Waals surface area contributed by atoms with E-state index in [9.17, 15) is 0 Å². The van der Waals surface area contributed by atoms with Crippen LogP contribution in [0.1, 0.15) is 1.43 Å². The Kier molecular flexibility index (Phi) is 15.9. The maximum atomic E-state index is 8.81. The first kappa shape index (κ1) is 9.02. The molecule has 0 saturated carbocycles. The van der Waals surface area contributed by atoms with Crippen LogP contribution in [0.5, 0.6) is 0 Å². The Morgan fingerprint density at radius 3 is 1.40 bits per heavy atom. The molecular formula is C2H3NaO2. The fraction of sp³-hybridized carbons (Fsp3) is 0. The monoisotopic (exact) mass is 82.0 g/mol. The Morgan fingerprint density at radius 1 is 1.20 bits per heavy atom. The van der Waals surface area contributed by atoms with Gasteiger partial charge in [0, 0.05) is 0 Å². The second-order valence-electron chi connectivity index (χ2n) is 0.272. The molecule has 0 heterocycles. The van der Waals surface area contributed by atoms with Crippen LogP contribution in [0, 0.1) is 0 Å². The van der Waals surface area contributed by atoms with Crippen molar-refractivity contribution in [3.05, 3.63) is 0 Å². The molecule has 0 unspecified atom stereocenters. The van der Waals surface area contributed by atoms with Gasteiger partial charge in [0.25, 0.3) is 0 Å². The predicted octanol–water partition coefficient (Wildman–Crippen LogP) is -3.50. The molecule has 0 aliphatic heterocycles. The fourth-order valence-electron chi connectivity index (χ4n) is 0. The van der Waals surface area contributed by atoms with E-state index in [-0.39, 0.29) is 43.6 Å². The zero-order chi connectivity index (χ0) is 3.41. The van der Waals surface area contributed by atoms with E-state index < -0.39 is 0 Å². The Hall–Kier alpha value is 0.340. The molecule has 3 heteroatoms. The van der Waals surface area contributed by atoms with Crippen molar-refractivity contribution in [1.29, 1.82) is 0 Å². The summed E-state index contributed by atoms with van der Waals surface area (Å²) in [5.41, 5.74) is 0. The van der Waals surface area contributed by atoms with Gasteiger partial charge >= 0.3 is 29.6 Å². The number of carbonyl (C=O) groups excluding carboxylic acids is 2. The van der Waals surface area contributed by atoms with Gasteiger partial charge in [-0.15, -0.1) is 0 Å². The van der Waals surface area contributed by atoms with Crippen LogP contribution in [0.15, 0.2) is 0 Å². The molecule has 0 aliphatic carbocycles. The van der Waals surface area contributed by atoms with Crippen LogP contribution in [-0.2, 0) is 9.59 Å². The molecule has 0 saturated heterocycles. The van der Waals surface area contributed by atoms with Crippen molar-refractivity contribution in [2.75, 3.05) is 0 Å². The molecule has 0 radical (unpaired) electrons. The van der Waals surface area contributed by atoms with Gasteiger partial charge in [-0.1, -0.05) is 0 Å². The Morgan fingerprint density at radius 2 is 1.40 bits per heavy atom. The minimum atomic E-state index is 0. The van der Waals surface area contributed by atoms with E-state index in [1.165, 1.54) is 0 Å². The molecule has 0 aromatic carbocycles. The summed E-state index contributed by atoms with van der Waals surface area (Å²) >= 11 is 0. The van der Waals surface area contributed by atoms with Gasteiger partial charge in [-0.3, -0.25) is 9.59 Å². The van der Waals surface area contributed by atoms with Crippen LogP contribution >= 0.6 is 0 Å². The molecule has 0 bridgehead atoms. The zero-order valence-corrected chi connectivity index (χ0v) is 4.97. The predicted molar refractivity (Wildman–Crippen MR) is 13.2 cm³/mol. The first-order valence-corrected chi connectivity index (χ1v) is 0.805. The maximum Gasteiger partial charge on any atom is 1.00 e. The summed E-state index contributed by atoms with van der Waals surface area (Å²) in [6.07, 6.45) is 0.389. The molecule has 0 fully saturated rings. The molecule has 2 nitrogen and oxygen atoms in total. The average molecular weight is 82.0 g/mol. The number of rotatable bonds is 1. The summed E-state index contributed by atoms with van der Waals surface area (Å²) < 4.78 is 0. The van der Waals surface area contributed by atoms with E-state index in [1.807, 2.05) is 0 Å². The third-order valence-corrected chi connectivity index (χ3v) is 0.0556. The normalized spacial score (nSPS) is 4.00. The molecule has 0 aromatic rings. The van der Waals surface area contributed by atoms with Crippen molar-refractivity contribution in [2.24, 2.45) is 0 Å². The van der Waals surface area contributed by atoms with Crippen molar-refractivity contribution >= 4 is 12.6 Å². The molecule has 0 N–H and O–H groups in total. The molecule has 0 rings (SSSR count). The number of hydrogen-bond acceptors (Lipinski definition) is 2. The zero-order valence-electron chi connectivity index (χ0n) is 3.97. The van der Waals surface area contributed by atoms with Gasteiger partial charge in [0.05, 0.1) is 0 Å². The first-order chi connectivity index (χ1) is 1.91. The van der Waals surface area contributed by atoms with Crippen LogP contribution in [0.25, 0.3) is 0 Å². The second kappa shape index (κ2) is 8.84. The van der Waals surface area contributed by atoms with E-state index in [2.05, 4.69) is 0 Å². The number of aldehydes is 2. The summed E-state index contributed by atoms with van der Waals surface area (Å²) in [5, 5.41) is 0. The van der Waals surface area contributed by atoms with Crippen LogP contribution in [0.2, 0.25) is 0 Å². The molecule has 24 valence electrons. The fourth-order valence-corrected chi connectivity index (χ4v) is 0. The summed E-state index contributed by atoms with van der Waals surface area (Å²) in [6, 6.07) is 0. The maximum absolute atomic E-state index is 8.81. The van der Waals surface area contributed by atoms with E-state index in [4.69, 9.17) is 9.59 Å². The summed E-state index contributed by atoms with van der Waals surface area (Å²) in [4.78, 5) is 17.6. The van der Waals surface area contributed by atoms with Crippen LogP contribution in [-0.4, -0.2) is 12.6 Å². The molecule has 0 aromatic heterocycles. The van der Waals surface area contributed by atoms with Gasteiger partial charge in [-0.25, -0.2) is 0 Å². The third kappa shape index (κ3) is 13.2. The van der Waals surface area contributed by atoms with Crippen molar-refractivity contribution < 1.29 is 40.6 Å². The molecule has 0 aliphatic rings. The van der Waals surface area contributed by atoms with Gasteiger partial charge in [0.1, 0.15) is 0 Å². The van der Waals surface area contributed by atoms with E-state index >= 15 is 0 Å². The number of hydrogen-bond donors (Lipinski definition) is 0. The quantitative estimate of drug-likeness (QED) is 0.187. The smallest absolute Gasteiger partial charge is 1.00 e. The van der Waals surface area contributed by atoms with Gasteiger partial charge in [-0.05, 0) is 0 Å². The van der Waals surface area contributed by atoms with Crippen LogP contribution in [0.3, 0.4) is 0 Å². The molecule has 5 heavy (non-hydrogen) atoms. The Balaban J connectivity index is -0.0000000450. The van der Waals surface area contributed by atoms with Crippen molar-refractivity contribution in [3.8, 4) is 0 Å². The molecule has 0 spiro atoms. The summed E-state index contributed by atoms with van der Waals surface area (Å²) in [6.45, 7) is 0. The standard InChI is InChI=1S/C2H2O2.Na.H/c3-1-2-4;;/h1-2H;;/q;+1;-1. The third-order valence-electron chi connectivity index (χ3n) is 0.0556. The van der Waals surface area contributed by atoms with Gasteiger partial charge in [0.2, 0.25) is 0 Å². The first-order valence-electron chi connectivity index (χ1n) is 0.805. The molecule has 0 amide bonds. The SMILES string of the molecule is O=CC=O.[H-].[Na+]. The van der Waals surface area contributed by atoms with Crippen LogP contribution in [0.4, 0.5) is 0 Å². The van der Waals surface area contributed by atoms with Gasteiger partial charge < -0.3 is 1.43 Å². The van der Waals surface area contributed by atoms with E-state index in [0.717, 1.165) is 0 Å².